The molecule has 0 aromatic carbocycles. The minimum Gasteiger partial charge on any atom is -0.287 e. The normalized spacial score (nSPS) is 27.3. The summed E-state index contributed by atoms with van der Waals surface area (Å²) in [5, 5.41) is 5.23. The van der Waals surface area contributed by atoms with Gasteiger partial charge in [0.2, 0.25) is 0 Å². The van der Waals surface area contributed by atoms with Crippen LogP contribution < -0.4 is 10.7 Å². The molecule has 1 atom stereocenters. The smallest absolute Gasteiger partial charge is 0.0711 e. The van der Waals surface area contributed by atoms with Gasteiger partial charge in [-0.1, -0.05) is 13.8 Å². The molecule has 1 rings (SSSR count). The minimum absolute atomic E-state index is 0.486. The van der Waals surface area contributed by atoms with Crippen molar-refractivity contribution in [3.63, 3.8) is 0 Å². The van der Waals surface area contributed by atoms with E-state index in [4.69, 9.17) is 0 Å². The Morgan fingerprint density at radius 2 is 2.00 bits per heavy atom. The predicted octanol–water partition coefficient (Wildman–Crippen LogP) is 0.356. The standard InChI is InChI=1S/C4H11N3.C2H6/c1-4-5-3-6-7(4)2;1-2/h4-6H,3H2,1-2H3;1-2H3. The largest absolute Gasteiger partial charge is 0.287 e. The zero-order valence-corrected chi connectivity index (χ0v) is 6.73. The van der Waals surface area contributed by atoms with E-state index >= 15 is 0 Å². The summed E-state index contributed by atoms with van der Waals surface area (Å²) < 4.78 is 0. The van der Waals surface area contributed by atoms with Crippen LogP contribution in [-0.4, -0.2) is 24.9 Å². The second-order valence-corrected chi connectivity index (χ2v) is 1.83. The molecule has 1 saturated heterocycles. The van der Waals surface area contributed by atoms with Gasteiger partial charge >= 0.3 is 0 Å². The van der Waals surface area contributed by atoms with Gasteiger partial charge in [-0.3, -0.25) is 5.32 Å². The third-order valence-corrected chi connectivity index (χ3v) is 1.31. The summed E-state index contributed by atoms with van der Waals surface area (Å²) in [6.45, 7) is 7.01. The molecule has 2 N–H and O–H groups in total. The van der Waals surface area contributed by atoms with Crippen molar-refractivity contribution in [2.24, 2.45) is 0 Å². The number of hydrogen-bond donors (Lipinski definition) is 2. The third kappa shape index (κ3) is 2.79. The Balaban J connectivity index is 0.000000291. The molecule has 1 fully saturated rings. The highest BCUT2D eigenvalue weighted by atomic mass is 15.6. The van der Waals surface area contributed by atoms with Crippen molar-refractivity contribution < 1.29 is 0 Å². The summed E-state index contributed by atoms with van der Waals surface area (Å²) in [4.78, 5) is 0. The maximum atomic E-state index is 3.18. The Morgan fingerprint density at radius 3 is 2.11 bits per heavy atom. The molecule has 1 unspecified atom stereocenters. The Morgan fingerprint density at radius 1 is 1.44 bits per heavy atom. The van der Waals surface area contributed by atoms with Gasteiger partial charge < -0.3 is 0 Å². The first-order chi connectivity index (χ1) is 4.30. The molecule has 9 heavy (non-hydrogen) atoms. The van der Waals surface area contributed by atoms with E-state index < -0.39 is 0 Å². The lowest BCUT2D eigenvalue weighted by molar-refractivity contribution is 0.244. The predicted molar refractivity (Wildman–Crippen MR) is 39.7 cm³/mol. The van der Waals surface area contributed by atoms with E-state index in [-0.39, 0.29) is 0 Å². The number of nitrogens with one attached hydrogen (secondary N) is 2. The molecule has 1 aliphatic rings. The van der Waals surface area contributed by atoms with E-state index in [0.717, 1.165) is 6.67 Å². The van der Waals surface area contributed by atoms with Gasteiger partial charge in [0.1, 0.15) is 0 Å². The lowest BCUT2D eigenvalue weighted by Crippen LogP contribution is -2.32. The molecule has 0 aliphatic carbocycles. The summed E-state index contributed by atoms with van der Waals surface area (Å²) in [7, 11) is 2.02. The van der Waals surface area contributed by atoms with E-state index in [9.17, 15) is 0 Å². The highest BCUT2D eigenvalue weighted by Crippen LogP contribution is 1.89. The maximum Gasteiger partial charge on any atom is 0.0711 e. The second-order valence-electron chi connectivity index (χ2n) is 1.83. The fourth-order valence-electron chi connectivity index (χ4n) is 0.592. The van der Waals surface area contributed by atoms with E-state index in [0.29, 0.717) is 6.17 Å². The van der Waals surface area contributed by atoms with Gasteiger partial charge in [-0.25, -0.2) is 10.4 Å². The van der Waals surface area contributed by atoms with Crippen LogP contribution in [0.4, 0.5) is 0 Å². The zero-order chi connectivity index (χ0) is 7.28. The van der Waals surface area contributed by atoms with Crippen LogP contribution in [0.2, 0.25) is 0 Å². The van der Waals surface area contributed by atoms with Crippen molar-refractivity contribution in [2.75, 3.05) is 13.7 Å². The molecule has 0 amide bonds. The Kier molecular flexibility index (Phi) is 4.67. The first-order valence-corrected chi connectivity index (χ1v) is 3.50. The molecule has 0 bridgehead atoms. The highest BCUT2D eigenvalue weighted by Gasteiger charge is 2.12. The van der Waals surface area contributed by atoms with Gasteiger partial charge in [-0.15, -0.1) is 0 Å². The quantitative estimate of drug-likeness (QED) is 0.497. The zero-order valence-electron chi connectivity index (χ0n) is 6.73. The topological polar surface area (TPSA) is 27.3 Å². The monoisotopic (exact) mass is 131 g/mol. The first kappa shape index (κ1) is 8.88. The lowest BCUT2D eigenvalue weighted by Gasteiger charge is -2.11. The lowest BCUT2D eigenvalue weighted by atomic mass is 10.6. The van der Waals surface area contributed by atoms with Gasteiger partial charge in [0.15, 0.2) is 0 Å². The van der Waals surface area contributed by atoms with Crippen molar-refractivity contribution in [3.8, 4) is 0 Å². The van der Waals surface area contributed by atoms with E-state index in [1.807, 2.05) is 25.9 Å². The summed E-state index contributed by atoms with van der Waals surface area (Å²) >= 11 is 0. The number of hydrazine groups is 1. The Hall–Kier alpha value is -0.120. The first-order valence-electron chi connectivity index (χ1n) is 3.50. The van der Waals surface area contributed by atoms with Crippen molar-refractivity contribution >= 4 is 0 Å². The molecule has 0 radical (unpaired) electrons. The molecule has 56 valence electrons. The van der Waals surface area contributed by atoms with Crippen molar-refractivity contribution in [3.05, 3.63) is 0 Å². The summed E-state index contributed by atoms with van der Waals surface area (Å²) in [6.07, 6.45) is 0.486. The van der Waals surface area contributed by atoms with E-state index in [1.54, 1.807) is 0 Å². The van der Waals surface area contributed by atoms with Crippen LogP contribution in [0.15, 0.2) is 0 Å². The maximum absolute atomic E-state index is 3.18. The van der Waals surface area contributed by atoms with Crippen molar-refractivity contribution in [1.82, 2.24) is 15.8 Å². The molecular formula is C6H17N3. The molecule has 0 saturated carbocycles. The SMILES string of the molecule is CC.CC1NCNN1C. The molecule has 3 nitrogen and oxygen atoms in total. The summed E-state index contributed by atoms with van der Waals surface area (Å²) in [6, 6.07) is 0. The number of nitrogens with zero attached hydrogens (tertiary/aromatic N) is 1. The molecule has 0 aromatic rings. The van der Waals surface area contributed by atoms with Crippen LogP contribution in [-0.2, 0) is 0 Å². The molecule has 3 heteroatoms. The molecule has 0 spiro atoms. The van der Waals surface area contributed by atoms with Gasteiger partial charge in [-0.05, 0) is 6.92 Å². The van der Waals surface area contributed by atoms with Crippen molar-refractivity contribution in [2.45, 2.75) is 26.9 Å². The van der Waals surface area contributed by atoms with Gasteiger partial charge in [0.05, 0.1) is 12.8 Å². The summed E-state index contributed by atoms with van der Waals surface area (Å²) in [5.41, 5.74) is 3.09. The number of rotatable bonds is 0. The highest BCUT2D eigenvalue weighted by molar-refractivity contribution is 4.61. The van der Waals surface area contributed by atoms with Crippen LogP contribution in [0, 0.1) is 0 Å². The molecule has 0 aromatic heterocycles. The Labute approximate surface area is 57.4 Å². The number of hydrogen-bond acceptors (Lipinski definition) is 3. The van der Waals surface area contributed by atoms with Crippen molar-refractivity contribution in [1.29, 1.82) is 0 Å². The molecule has 1 heterocycles. The summed E-state index contributed by atoms with van der Waals surface area (Å²) in [5.74, 6) is 0. The fourth-order valence-corrected chi connectivity index (χ4v) is 0.592. The van der Waals surface area contributed by atoms with Crippen LogP contribution >= 0.6 is 0 Å². The van der Waals surface area contributed by atoms with Crippen LogP contribution in [0.5, 0.6) is 0 Å². The van der Waals surface area contributed by atoms with Gasteiger partial charge in [0, 0.05) is 7.05 Å². The minimum atomic E-state index is 0.486. The van der Waals surface area contributed by atoms with Gasteiger partial charge in [-0.2, -0.15) is 0 Å². The Bertz CT molecular complexity index is 57.3. The second kappa shape index (κ2) is 4.73. The fraction of sp³-hybridized carbons (Fsp3) is 1.00. The van der Waals surface area contributed by atoms with E-state index in [2.05, 4.69) is 17.7 Å². The average Bonchev–Trinajstić information content (AvgIpc) is 2.23. The van der Waals surface area contributed by atoms with Crippen LogP contribution in [0.3, 0.4) is 0 Å². The van der Waals surface area contributed by atoms with Crippen LogP contribution in [0.25, 0.3) is 0 Å². The van der Waals surface area contributed by atoms with Crippen LogP contribution in [0.1, 0.15) is 20.8 Å². The average molecular weight is 131 g/mol. The third-order valence-electron chi connectivity index (χ3n) is 1.31. The van der Waals surface area contributed by atoms with E-state index in [1.165, 1.54) is 0 Å². The van der Waals surface area contributed by atoms with Gasteiger partial charge in [0.25, 0.3) is 0 Å². The molecular weight excluding hydrogens is 114 g/mol. The molecule has 1 aliphatic heterocycles.